The van der Waals surface area contributed by atoms with Crippen molar-refractivity contribution in [3.05, 3.63) is 59.2 Å². The van der Waals surface area contributed by atoms with E-state index in [0.717, 1.165) is 6.26 Å². The molecule has 32 heavy (non-hydrogen) atoms. The van der Waals surface area contributed by atoms with Gasteiger partial charge in [-0.25, -0.2) is 8.42 Å². The quantitative estimate of drug-likeness (QED) is 0.556. The molecule has 1 N–H and O–H groups in total. The molecule has 1 aromatic heterocycles. The average Bonchev–Trinajstić information content (AvgIpc) is 3.14. The first kappa shape index (κ1) is 23.2. The van der Waals surface area contributed by atoms with Crippen molar-refractivity contribution in [1.82, 2.24) is 10.2 Å². The number of aromatic nitrogens is 2. The molecule has 1 amide bonds. The van der Waals surface area contributed by atoms with Gasteiger partial charge in [-0.15, -0.1) is 5.10 Å². The van der Waals surface area contributed by atoms with E-state index in [-0.39, 0.29) is 34.5 Å². The molecule has 0 unspecified atom stereocenters. The third-order valence-electron chi connectivity index (χ3n) is 4.01. The first-order valence-corrected chi connectivity index (χ1v) is 10.3. The van der Waals surface area contributed by atoms with Crippen molar-refractivity contribution in [3.8, 4) is 11.5 Å². The van der Waals surface area contributed by atoms with Gasteiger partial charge in [0.15, 0.2) is 9.84 Å². The van der Waals surface area contributed by atoms with Crippen molar-refractivity contribution in [2.75, 3.05) is 11.6 Å². The summed E-state index contributed by atoms with van der Waals surface area (Å²) in [6, 6.07) is 5.18. The van der Waals surface area contributed by atoms with Crippen molar-refractivity contribution in [2.45, 2.75) is 17.2 Å². The van der Waals surface area contributed by atoms with Crippen molar-refractivity contribution in [3.63, 3.8) is 0 Å². The lowest BCUT2D eigenvalue weighted by molar-refractivity contribution is -0.143. The zero-order chi connectivity index (χ0) is 23.9. The number of anilines is 1. The third-order valence-corrected chi connectivity index (χ3v) is 5.17. The lowest BCUT2D eigenvalue weighted by Crippen LogP contribution is -2.17. The number of hydrogen-bond donors (Lipinski definition) is 1. The molecule has 3 rings (SSSR count). The molecule has 7 nitrogen and oxygen atoms in total. The van der Waals surface area contributed by atoms with E-state index in [1.807, 2.05) is 5.32 Å². The predicted octanol–water partition coefficient (Wildman–Crippen LogP) is 4.43. The Balaban J connectivity index is 1.94. The second kappa shape index (κ2) is 7.93. The Morgan fingerprint density at radius 2 is 1.50 bits per heavy atom. The number of sulfone groups is 1. The number of nitrogens with one attached hydrogen (secondary N) is 1. The molecule has 14 heteroatoms. The second-order valence-electron chi connectivity index (χ2n) is 6.43. The summed E-state index contributed by atoms with van der Waals surface area (Å²) >= 11 is 0. The molecular weight excluding hydrogens is 468 g/mol. The van der Waals surface area contributed by atoms with Crippen LogP contribution in [-0.2, 0) is 22.2 Å². The zero-order valence-electron chi connectivity index (χ0n) is 15.7. The van der Waals surface area contributed by atoms with E-state index < -0.39 is 50.8 Å². The Kier molecular flexibility index (Phi) is 5.76. The summed E-state index contributed by atoms with van der Waals surface area (Å²) in [5, 5.41) is 8.90. The number of amides is 1. The van der Waals surface area contributed by atoms with Gasteiger partial charge in [0.1, 0.15) is 0 Å². The molecule has 0 aliphatic heterocycles. The topological polar surface area (TPSA) is 102 Å². The highest BCUT2D eigenvalue weighted by atomic mass is 32.2. The van der Waals surface area contributed by atoms with Crippen molar-refractivity contribution in [2.24, 2.45) is 0 Å². The van der Waals surface area contributed by atoms with E-state index in [0.29, 0.717) is 0 Å². The first-order chi connectivity index (χ1) is 14.7. The largest absolute Gasteiger partial charge is 0.416 e. The molecule has 0 aliphatic carbocycles. The lowest BCUT2D eigenvalue weighted by atomic mass is 10.0. The summed E-state index contributed by atoms with van der Waals surface area (Å²) in [6.45, 7) is 0. The van der Waals surface area contributed by atoms with Crippen molar-refractivity contribution in [1.29, 1.82) is 0 Å². The highest BCUT2D eigenvalue weighted by Crippen LogP contribution is 2.36. The molecular formula is C18H11F6N3O4S. The smallest absolute Gasteiger partial charge is 0.403 e. The van der Waals surface area contributed by atoms with Crippen molar-refractivity contribution >= 4 is 21.8 Å². The van der Waals surface area contributed by atoms with Crippen LogP contribution in [-0.4, -0.2) is 30.8 Å². The van der Waals surface area contributed by atoms with Crippen LogP contribution in [0, 0.1) is 0 Å². The van der Waals surface area contributed by atoms with Gasteiger partial charge in [0, 0.05) is 11.8 Å². The Morgan fingerprint density at radius 3 is 2.03 bits per heavy atom. The standard InChI is InChI=1S/C18H11F6N3O4S/c1-32(29,30)13-5-3-2-4-12(13)15-26-27-16(31-15)25-14(28)9-6-10(17(19,20)21)8-11(7-9)18(22,23)24/h2-8H,1H3,(H,25,27,28). The SMILES string of the molecule is CS(=O)(=O)c1ccccc1-c1nnc(NC(=O)c2cc(C(F)(F)F)cc(C(F)(F)F)c2)o1. The molecule has 0 aliphatic rings. The maximum absolute atomic E-state index is 13.0. The fraction of sp³-hybridized carbons (Fsp3) is 0.167. The molecule has 2 aromatic carbocycles. The van der Waals surface area contributed by atoms with E-state index >= 15 is 0 Å². The maximum atomic E-state index is 13.0. The molecule has 0 bridgehead atoms. The average molecular weight is 479 g/mol. The molecule has 0 saturated carbocycles. The molecule has 0 saturated heterocycles. The van der Waals surface area contributed by atoms with E-state index in [1.165, 1.54) is 24.3 Å². The van der Waals surface area contributed by atoms with Crippen LogP contribution in [0.15, 0.2) is 51.8 Å². The van der Waals surface area contributed by atoms with Gasteiger partial charge in [0.25, 0.3) is 11.8 Å². The highest BCUT2D eigenvalue weighted by Gasteiger charge is 2.37. The van der Waals surface area contributed by atoms with Crippen LogP contribution in [0.1, 0.15) is 21.5 Å². The zero-order valence-corrected chi connectivity index (χ0v) is 16.6. The number of carbonyl (C=O) groups excluding carboxylic acids is 1. The summed E-state index contributed by atoms with van der Waals surface area (Å²) < 4.78 is 107. The molecule has 1 heterocycles. The number of benzene rings is 2. The van der Waals surface area contributed by atoms with Crippen LogP contribution in [0.4, 0.5) is 32.4 Å². The van der Waals surface area contributed by atoms with Crippen LogP contribution < -0.4 is 5.32 Å². The van der Waals surface area contributed by atoms with Crippen LogP contribution in [0.5, 0.6) is 0 Å². The number of alkyl halides is 6. The maximum Gasteiger partial charge on any atom is 0.416 e. The number of nitrogens with zero attached hydrogens (tertiary/aromatic N) is 2. The van der Waals surface area contributed by atoms with Crippen LogP contribution in [0.2, 0.25) is 0 Å². The Hall–Kier alpha value is -3.42. The molecule has 170 valence electrons. The molecule has 0 atom stereocenters. The summed E-state index contributed by atoms with van der Waals surface area (Å²) in [6.07, 6.45) is -9.34. The number of hydrogen-bond acceptors (Lipinski definition) is 6. The Bertz CT molecular complexity index is 1250. The van der Waals surface area contributed by atoms with Gasteiger partial charge < -0.3 is 4.42 Å². The normalized spacial score (nSPS) is 12.6. The van der Waals surface area contributed by atoms with Gasteiger partial charge >= 0.3 is 18.4 Å². The van der Waals surface area contributed by atoms with Crippen LogP contribution in [0.3, 0.4) is 0 Å². The summed E-state index contributed by atoms with van der Waals surface area (Å²) in [4.78, 5) is 12.1. The summed E-state index contributed by atoms with van der Waals surface area (Å²) in [7, 11) is -3.70. The minimum atomic E-state index is -5.14. The second-order valence-corrected chi connectivity index (χ2v) is 8.41. The summed E-state index contributed by atoms with van der Waals surface area (Å²) in [5.41, 5.74) is -4.32. The van der Waals surface area contributed by atoms with Gasteiger partial charge in [-0.2, -0.15) is 26.3 Å². The minimum Gasteiger partial charge on any atom is -0.403 e. The van der Waals surface area contributed by atoms with Crippen LogP contribution in [0.25, 0.3) is 11.5 Å². The Morgan fingerprint density at radius 1 is 0.938 bits per heavy atom. The number of rotatable bonds is 4. The summed E-state index contributed by atoms with van der Waals surface area (Å²) in [5.74, 6) is -1.73. The Labute approximate surface area is 176 Å². The van der Waals surface area contributed by atoms with E-state index in [2.05, 4.69) is 10.2 Å². The third kappa shape index (κ3) is 5.07. The minimum absolute atomic E-state index is 0.0126. The fourth-order valence-electron chi connectivity index (χ4n) is 2.60. The monoisotopic (exact) mass is 479 g/mol. The van der Waals surface area contributed by atoms with Crippen LogP contribution >= 0.6 is 0 Å². The van der Waals surface area contributed by atoms with Gasteiger partial charge in [0.2, 0.25) is 0 Å². The van der Waals surface area contributed by atoms with Gasteiger partial charge in [-0.05, 0) is 30.3 Å². The fourth-order valence-corrected chi connectivity index (χ4v) is 3.49. The van der Waals surface area contributed by atoms with Crippen molar-refractivity contribution < 1.29 is 44.0 Å². The number of carbonyl (C=O) groups is 1. The molecule has 3 aromatic rings. The van der Waals surface area contributed by atoms with Gasteiger partial charge in [0.05, 0.1) is 21.6 Å². The van der Waals surface area contributed by atoms with E-state index in [4.69, 9.17) is 4.42 Å². The predicted molar refractivity (Wildman–Crippen MR) is 97.2 cm³/mol. The van der Waals surface area contributed by atoms with Gasteiger partial charge in [-0.1, -0.05) is 17.2 Å². The lowest BCUT2D eigenvalue weighted by Gasteiger charge is -2.13. The molecule has 0 radical (unpaired) electrons. The van der Waals surface area contributed by atoms with E-state index in [9.17, 15) is 39.6 Å². The molecule has 0 spiro atoms. The van der Waals surface area contributed by atoms with E-state index in [1.54, 1.807) is 0 Å². The first-order valence-electron chi connectivity index (χ1n) is 8.40. The highest BCUT2D eigenvalue weighted by molar-refractivity contribution is 7.90. The number of halogens is 6. The van der Waals surface area contributed by atoms with Gasteiger partial charge in [-0.3, -0.25) is 10.1 Å². The molecule has 0 fully saturated rings.